The van der Waals surface area contributed by atoms with E-state index in [1.165, 1.54) is 6.20 Å². The molecule has 0 saturated carbocycles. The molecule has 0 saturated heterocycles. The summed E-state index contributed by atoms with van der Waals surface area (Å²) in [5.41, 5.74) is 2.54. The molecule has 0 bridgehead atoms. The Balaban J connectivity index is 1.66. The normalized spacial score (nSPS) is 14.6. The van der Waals surface area contributed by atoms with Crippen LogP contribution in [0.2, 0.25) is 0 Å². The standard InChI is InChI=1S/C24H26N6O4/c1-4-34-22(33)17-12-26-23(29-20(17)28-19(13-31)14-6-5-9-25-11-14)27-15-7-8-16-18(10-15)24(2,3)30-21(16)32/h5-12,19,31H,4,13H2,1-3H3,(H,30,32)(H2,26,27,28,29)/t19-/m1/s1. The van der Waals surface area contributed by atoms with Crippen molar-refractivity contribution in [3.05, 3.63) is 71.2 Å². The van der Waals surface area contributed by atoms with Crippen molar-refractivity contribution in [2.75, 3.05) is 23.8 Å². The van der Waals surface area contributed by atoms with Crippen LogP contribution in [0, 0.1) is 0 Å². The molecule has 1 amide bonds. The van der Waals surface area contributed by atoms with E-state index in [4.69, 9.17) is 4.74 Å². The highest BCUT2D eigenvalue weighted by Crippen LogP contribution is 2.33. The molecule has 0 unspecified atom stereocenters. The van der Waals surface area contributed by atoms with Crippen LogP contribution in [0.5, 0.6) is 0 Å². The highest BCUT2D eigenvalue weighted by molar-refractivity contribution is 6.00. The second kappa shape index (κ2) is 9.44. The predicted molar refractivity (Wildman–Crippen MR) is 126 cm³/mol. The Morgan fingerprint density at radius 2 is 2.09 bits per heavy atom. The summed E-state index contributed by atoms with van der Waals surface area (Å²) in [6.07, 6.45) is 4.63. The van der Waals surface area contributed by atoms with Crippen molar-refractivity contribution in [3.8, 4) is 0 Å². The number of anilines is 3. The Morgan fingerprint density at radius 1 is 1.26 bits per heavy atom. The van der Waals surface area contributed by atoms with Crippen molar-refractivity contribution in [2.45, 2.75) is 32.4 Å². The fourth-order valence-corrected chi connectivity index (χ4v) is 3.78. The van der Waals surface area contributed by atoms with Gasteiger partial charge in [0.2, 0.25) is 5.95 Å². The minimum absolute atomic E-state index is 0.112. The third kappa shape index (κ3) is 4.67. The molecular weight excluding hydrogens is 436 g/mol. The molecule has 0 aliphatic carbocycles. The fraction of sp³-hybridized carbons (Fsp3) is 0.292. The van der Waals surface area contributed by atoms with E-state index in [1.54, 1.807) is 37.5 Å². The van der Waals surface area contributed by atoms with Crippen molar-refractivity contribution >= 4 is 29.3 Å². The first-order valence-electron chi connectivity index (χ1n) is 10.9. The van der Waals surface area contributed by atoms with Crippen LogP contribution < -0.4 is 16.0 Å². The topological polar surface area (TPSA) is 138 Å². The number of hydrogen-bond donors (Lipinski definition) is 4. The molecule has 0 spiro atoms. The Kier molecular flexibility index (Phi) is 6.42. The summed E-state index contributed by atoms with van der Waals surface area (Å²) in [5.74, 6) is -0.257. The molecule has 4 rings (SSSR count). The largest absolute Gasteiger partial charge is 0.462 e. The van der Waals surface area contributed by atoms with Crippen LogP contribution in [0.4, 0.5) is 17.5 Å². The van der Waals surface area contributed by atoms with Crippen LogP contribution in [-0.4, -0.2) is 45.1 Å². The lowest BCUT2D eigenvalue weighted by Gasteiger charge is -2.20. The zero-order chi connectivity index (χ0) is 24.3. The quantitative estimate of drug-likeness (QED) is 0.372. The summed E-state index contributed by atoms with van der Waals surface area (Å²) >= 11 is 0. The maximum Gasteiger partial charge on any atom is 0.343 e. The second-order valence-corrected chi connectivity index (χ2v) is 8.31. The van der Waals surface area contributed by atoms with Gasteiger partial charge in [-0.25, -0.2) is 9.78 Å². The summed E-state index contributed by atoms with van der Waals surface area (Å²) in [6, 6.07) is 8.40. The van der Waals surface area contributed by atoms with E-state index in [9.17, 15) is 14.7 Å². The van der Waals surface area contributed by atoms with Crippen LogP contribution in [0.25, 0.3) is 0 Å². The first kappa shape index (κ1) is 23.1. The number of nitrogens with one attached hydrogen (secondary N) is 3. The SMILES string of the molecule is CCOC(=O)c1cnc(Nc2ccc3c(c2)C(C)(C)NC3=O)nc1N[C@H](CO)c1cccnc1. The van der Waals surface area contributed by atoms with Gasteiger partial charge < -0.3 is 25.8 Å². The van der Waals surface area contributed by atoms with Gasteiger partial charge >= 0.3 is 5.97 Å². The smallest absolute Gasteiger partial charge is 0.343 e. The summed E-state index contributed by atoms with van der Waals surface area (Å²) in [4.78, 5) is 37.5. The molecule has 1 atom stereocenters. The van der Waals surface area contributed by atoms with Gasteiger partial charge in [-0.1, -0.05) is 6.07 Å². The van der Waals surface area contributed by atoms with E-state index in [0.717, 1.165) is 11.1 Å². The van der Waals surface area contributed by atoms with Gasteiger partial charge in [-0.15, -0.1) is 0 Å². The number of benzene rings is 1. The molecule has 10 nitrogen and oxygen atoms in total. The summed E-state index contributed by atoms with van der Waals surface area (Å²) < 4.78 is 5.14. The molecule has 1 aliphatic rings. The molecule has 1 aliphatic heterocycles. The van der Waals surface area contributed by atoms with Gasteiger partial charge in [0, 0.05) is 29.8 Å². The third-order valence-electron chi connectivity index (χ3n) is 5.48. The summed E-state index contributed by atoms with van der Waals surface area (Å²) in [5, 5.41) is 19.1. The Morgan fingerprint density at radius 3 is 2.79 bits per heavy atom. The Labute approximate surface area is 196 Å². The van der Waals surface area contributed by atoms with Crippen LogP contribution >= 0.6 is 0 Å². The number of carbonyl (C=O) groups excluding carboxylic acids is 2. The molecule has 1 aromatic carbocycles. The molecule has 176 valence electrons. The molecule has 0 fully saturated rings. The second-order valence-electron chi connectivity index (χ2n) is 8.31. The van der Waals surface area contributed by atoms with Gasteiger partial charge in [0.1, 0.15) is 11.4 Å². The zero-order valence-corrected chi connectivity index (χ0v) is 19.1. The highest BCUT2D eigenvalue weighted by atomic mass is 16.5. The fourth-order valence-electron chi connectivity index (χ4n) is 3.78. The zero-order valence-electron chi connectivity index (χ0n) is 19.1. The Hall–Kier alpha value is -4.05. The number of esters is 1. The molecule has 2 aromatic heterocycles. The number of fused-ring (bicyclic) bond motifs is 1. The van der Waals surface area contributed by atoms with Gasteiger partial charge in [0.15, 0.2) is 0 Å². The predicted octanol–water partition coefficient (Wildman–Crippen LogP) is 2.92. The first-order chi connectivity index (χ1) is 16.3. The number of nitrogens with zero attached hydrogens (tertiary/aromatic N) is 3. The van der Waals surface area contributed by atoms with E-state index >= 15 is 0 Å². The number of ether oxygens (including phenoxy) is 1. The van der Waals surface area contributed by atoms with E-state index in [2.05, 4.69) is 30.9 Å². The minimum Gasteiger partial charge on any atom is -0.462 e. The maximum atomic E-state index is 12.5. The van der Waals surface area contributed by atoms with E-state index < -0.39 is 17.6 Å². The maximum absolute atomic E-state index is 12.5. The molecular formula is C24H26N6O4. The molecule has 3 heterocycles. The lowest BCUT2D eigenvalue weighted by atomic mass is 9.94. The number of carbonyl (C=O) groups is 2. The van der Waals surface area contributed by atoms with Crippen LogP contribution in [-0.2, 0) is 10.3 Å². The Bertz CT molecular complexity index is 1220. The summed E-state index contributed by atoms with van der Waals surface area (Å²) in [7, 11) is 0. The van der Waals surface area contributed by atoms with Crippen molar-refractivity contribution in [1.29, 1.82) is 0 Å². The van der Waals surface area contributed by atoms with Gasteiger partial charge in [-0.05, 0) is 56.2 Å². The van der Waals surface area contributed by atoms with Crippen molar-refractivity contribution in [2.24, 2.45) is 0 Å². The number of rotatable bonds is 8. The van der Waals surface area contributed by atoms with Gasteiger partial charge in [-0.3, -0.25) is 9.78 Å². The molecule has 3 aromatic rings. The van der Waals surface area contributed by atoms with Crippen molar-refractivity contribution < 1.29 is 19.4 Å². The van der Waals surface area contributed by atoms with Gasteiger partial charge in [0.05, 0.1) is 24.8 Å². The molecule has 10 heteroatoms. The number of aromatic nitrogens is 3. The monoisotopic (exact) mass is 462 g/mol. The number of amides is 1. The minimum atomic E-state index is -0.580. The molecule has 34 heavy (non-hydrogen) atoms. The van der Waals surface area contributed by atoms with E-state index in [1.807, 2.05) is 26.0 Å². The van der Waals surface area contributed by atoms with Crippen LogP contribution in [0.1, 0.15) is 58.7 Å². The van der Waals surface area contributed by atoms with E-state index in [0.29, 0.717) is 11.3 Å². The molecule has 4 N–H and O–H groups in total. The average molecular weight is 463 g/mol. The van der Waals surface area contributed by atoms with Crippen LogP contribution in [0.15, 0.2) is 48.9 Å². The van der Waals surface area contributed by atoms with Gasteiger partial charge in [0.25, 0.3) is 5.91 Å². The third-order valence-corrected chi connectivity index (χ3v) is 5.48. The molecule has 0 radical (unpaired) electrons. The van der Waals surface area contributed by atoms with Crippen molar-refractivity contribution in [3.63, 3.8) is 0 Å². The van der Waals surface area contributed by atoms with Gasteiger partial charge in [-0.2, -0.15) is 4.98 Å². The van der Waals surface area contributed by atoms with Crippen LogP contribution in [0.3, 0.4) is 0 Å². The van der Waals surface area contributed by atoms with E-state index in [-0.39, 0.29) is 36.5 Å². The average Bonchev–Trinajstić information content (AvgIpc) is 3.06. The number of pyridine rings is 1. The lowest BCUT2D eigenvalue weighted by molar-refractivity contribution is 0.0526. The lowest BCUT2D eigenvalue weighted by Crippen LogP contribution is -2.32. The number of aliphatic hydroxyl groups is 1. The number of hydrogen-bond acceptors (Lipinski definition) is 9. The highest BCUT2D eigenvalue weighted by Gasteiger charge is 2.35. The number of aliphatic hydroxyl groups excluding tert-OH is 1. The summed E-state index contributed by atoms with van der Waals surface area (Å²) in [6.45, 7) is 5.52. The van der Waals surface area contributed by atoms with Crippen molar-refractivity contribution in [1.82, 2.24) is 20.3 Å². The first-order valence-corrected chi connectivity index (χ1v) is 10.9.